The van der Waals surface area contributed by atoms with Crippen LogP contribution in [0, 0.1) is 0 Å². The highest BCUT2D eigenvalue weighted by molar-refractivity contribution is 7.00. The first-order valence-corrected chi connectivity index (χ1v) is 15.0. The minimum atomic E-state index is -2.87. The van der Waals surface area contributed by atoms with Crippen molar-refractivity contribution in [2.45, 2.75) is 38.8 Å². The van der Waals surface area contributed by atoms with Gasteiger partial charge in [-0.05, 0) is 51.3 Å². The number of rotatable bonds is 8. The summed E-state index contributed by atoms with van der Waals surface area (Å²) in [5.41, 5.74) is -0.497. The molecule has 1 aromatic heterocycles. The molecule has 0 atom stereocenters. The van der Waals surface area contributed by atoms with Crippen LogP contribution in [0.25, 0.3) is 11.0 Å². The third-order valence-electron chi connectivity index (χ3n) is 7.01. The van der Waals surface area contributed by atoms with Gasteiger partial charge in [0.2, 0.25) is 0 Å². The molecule has 5 rings (SSSR count). The largest absolute Gasteiger partial charge is 0.534 e. The Morgan fingerprint density at radius 1 is 0.775 bits per heavy atom. The standard InChI is InChI=1S/C33H30F2O4Si/c1-33(2,3)40(26-10-6-4-7-11-26,27-12-8-5-9-13-27)39-25-18-14-23(15-19-25)22-37-28-20-16-24-17-21-29(36)38-31(24)30(28)32(34)35/h4-21,32H,22H2,1-3H3. The molecule has 7 heteroatoms. The molecular formula is C33H30F2O4Si. The van der Waals surface area contributed by atoms with Crippen molar-refractivity contribution in [1.29, 1.82) is 0 Å². The molecule has 0 unspecified atom stereocenters. The Morgan fingerprint density at radius 2 is 1.35 bits per heavy atom. The highest BCUT2D eigenvalue weighted by atomic mass is 28.4. The summed E-state index contributed by atoms with van der Waals surface area (Å²) in [5.74, 6) is 0.697. The molecule has 0 saturated heterocycles. The van der Waals surface area contributed by atoms with E-state index >= 15 is 0 Å². The van der Waals surface area contributed by atoms with E-state index < -0.39 is 25.9 Å². The first-order chi connectivity index (χ1) is 19.2. The number of hydrogen-bond acceptors (Lipinski definition) is 4. The fraction of sp³-hybridized carbons (Fsp3) is 0.182. The third kappa shape index (κ3) is 5.29. The first kappa shape index (κ1) is 27.3. The molecule has 0 amide bonds. The van der Waals surface area contributed by atoms with E-state index in [-0.39, 0.29) is 23.0 Å². The summed E-state index contributed by atoms with van der Waals surface area (Å²) in [7, 11) is -2.78. The smallest absolute Gasteiger partial charge is 0.336 e. The fourth-order valence-corrected chi connectivity index (χ4v) is 9.53. The predicted molar refractivity (Wildman–Crippen MR) is 156 cm³/mol. The van der Waals surface area contributed by atoms with Gasteiger partial charge in [0.1, 0.15) is 23.7 Å². The Hall–Kier alpha value is -4.23. The average molecular weight is 557 g/mol. The van der Waals surface area contributed by atoms with Crippen molar-refractivity contribution in [3.8, 4) is 11.5 Å². The third-order valence-corrected chi connectivity index (χ3v) is 12.0. The second-order valence-electron chi connectivity index (χ2n) is 10.6. The summed E-state index contributed by atoms with van der Waals surface area (Å²) in [6.07, 6.45) is -2.87. The van der Waals surface area contributed by atoms with Crippen LogP contribution in [-0.2, 0) is 6.61 Å². The molecule has 204 valence electrons. The summed E-state index contributed by atoms with van der Waals surface area (Å²) < 4.78 is 45.8. The number of fused-ring (bicyclic) bond motifs is 1. The SMILES string of the molecule is CC(C)(C)[Si](Oc1ccc(COc2ccc3ccc(=O)oc3c2C(F)F)cc1)(c1ccccc1)c1ccccc1. The normalized spacial score (nSPS) is 12.1. The van der Waals surface area contributed by atoms with Gasteiger partial charge in [0.15, 0.2) is 5.58 Å². The van der Waals surface area contributed by atoms with Crippen LogP contribution < -0.4 is 25.2 Å². The van der Waals surface area contributed by atoms with Gasteiger partial charge in [0.05, 0.1) is 0 Å². The Labute approximate surface area is 233 Å². The summed E-state index contributed by atoms with van der Waals surface area (Å²) in [6, 6.07) is 34.0. The number of ether oxygens (including phenoxy) is 1. The molecule has 4 aromatic carbocycles. The van der Waals surface area contributed by atoms with Gasteiger partial charge in [-0.15, -0.1) is 0 Å². The highest BCUT2D eigenvalue weighted by Crippen LogP contribution is 2.38. The Kier molecular flexibility index (Phi) is 7.58. The van der Waals surface area contributed by atoms with Crippen LogP contribution in [0.4, 0.5) is 8.78 Å². The molecule has 40 heavy (non-hydrogen) atoms. The lowest BCUT2D eigenvalue weighted by Crippen LogP contribution is -2.68. The zero-order valence-electron chi connectivity index (χ0n) is 22.6. The Morgan fingerprint density at radius 3 is 1.90 bits per heavy atom. The van der Waals surface area contributed by atoms with Gasteiger partial charge >= 0.3 is 13.9 Å². The lowest BCUT2D eigenvalue weighted by molar-refractivity contribution is 0.144. The van der Waals surface area contributed by atoms with E-state index in [1.807, 2.05) is 60.7 Å². The van der Waals surface area contributed by atoms with Crippen LogP contribution in [-0.4, -0.2) is 8.32 Å². The number of benzene rings is 4. The van der Waals surface area contributed by atoms with Crippen molar-refractivity contribution in [3.63, 3.8) is 0 Å². The molecule has 0 aliphatic heterocycles. The van der Waals surface area contributed by atoms with Gasteiger partial charge in [-0.25, -0.2) is 13.6 Å². The van der Waals surface area contributed by atoms with E-state index in [0.717, 1.165) is 11.3 Å². The quantitative estimate of drug-likeness (QED) is 0.149. The summed E-state index contributed by atoms with van der Waals surface area (Å²) in [6.45, 7) is 6.71. The van der Waals surface area contributed by atoms with Crippen LogP contribution in [0.5, 0.6) is 11.5 Å². The van der Waals surface area contributed by atoms with Crippen molar-refractivity contribution in [2.75, 3.05) is 0 Å². The fourth-order valence-electron chi connectivity index (χ4n) is 5.11. The topological polar surface area (TPSA) is 48.7 Å². The van der Waals surface area contributed by atoms with Crippen LogP contribution >= 0.6 is 0 Å². The zero-order valence-corrected chi connectivity index (χ0v) is 23.6. The zero-order chi connectivity index (χ0) is 28.3. The van der Waals surface area contributed by atoms with Crippen molar-refractivity contribution >= 4 is 29.7 Å². The lowest BCUT2D eigenvalue weighted by atomic mass is 10.1. The molecule has 0 bridgehead atoms. The second-order valence-corrected chi connectivity index (χ2v) is 14.9. The van der Waals surface area contributed by atoms with Gasteiger partial charge in [0.25, 0.3) is 6.43 Å². The van der Waals surface area contributed by atoms with E-state index in [4.69, 9.17) is 13.6 Å². The van der Waals surface area contributed by atoms with E-state index in [1.54, 1.807) is 6.07 Å². The highest BCUT2D eigenvalue weighted by Gasteiger charge is 2.52. The van der Waals surface area contributed by atoms with Crippen LogP contribution in [0.15, 0.2) is 118 Å². The first-order valence-electron chi connectivity index (χ1n) is 13.1. The maximum atomic E-state index is 13.9. The predicted octanol–water partition coefficient (Wildman–Crippen LogP) is 7.25. The Bertz CT molecular complexity index is 1600. The van der Waals surface area contributed by atoms with E-state index in [2.05, 4.69) is 45.0 Å². The van der Waals surface area contributed by atoms with Crippen molar-refractivity contribution in [3.05, 3.63) is 131 Å². The summed E-state index contributed by atoms with van der Waals surface area (Å²) >= 11 is 0. The lowest BCUT2D eigenvalue weighted by Gasteiger charge is -2.43. The van der Waals surface area contributed by atoms with Gasteiger partial charge in [-0.2, -0.15) is 0 Å². The van der Waals surface area contributed by atoms with Crippen molar-refractivity contribution in [2.24, 2.45) is 0 Å². The second kappa shape index (κ2) is 11.1. The van der Waals surface area contributed by atoms with Gasteiger partial charge in [-0.3, -0.25) is 0 Å². The number of hydrogen-bond donors (Lipinski definition) is 0. The van der Waals surface area contributed by atoms with Crippen molar-refractivity contribution < 1.29 is 22.4 Å². The van der Waals surface area contributed by atoms with Crippen LogP contribution in [0.2, 0.25) is 5.04 Å². The Balaban J connectivity index is 1.44. The molecule has 0 saturated carbocycles. The maximum absolute atomic E-state index is 13.9. The van der Waals surface area contributed by atoms with Gasteiger partial charge in [0, 0.05) is 11.5 Å². The molecule has 0 radical (unpaired) electrons. The minimum absolute atomic E-state index is 0.0236. The summed E-state index contributed by atoms with van der Waals surface area (Å²) in [5, 5.41) is 2.56. The molecule has 4 nitrogen and oxygen atoms in total. The van der Waals surface area contributed by atoms with E-state index in [1.165, 1.54) is 28.6 Å². The van der Waals surface area contributed by atoms with Gasteiger partial charge in [-0.1, -0.05) is 93.6 Å². The minimum Gasteiger partial charge on any atom is -0.534 e. The molecule has 0 aliphatic rings. The monoisotopic (exact) mass is 556 g/mol. The maximum Gasteiger partial charge on any atom is 0.336 e. The van der Waals surface area contributed by atoms with Crippen LogP contribution in [0.1, 0.15) is 38.3 Å². The van der Waals surface area contributed by atoms with Crippen molar-refractivity contribution in [1.82, 2.24) is 0 Å². The van der Waals surface area contributed by atoms with Crippen LogP contribution in [0.3, 0.4) is 0 Å². The molecule has 0 N–H and O–H groups in total. The molecule has 5 aromatic rings. The van der Waals surface area contributed by atoms with E-state index in [9.17, 15) is 13.6 Å². The van der Waals surface area contributed by atoms with E-state index in [0.29, 0.717) is 5.39 Å². The summed E-state index contributed by atoms with van der Waals surface area (Å²) in [4.78, 5) is 11.7. The number of alkyl halides is 2. The molecule has 1 heterocycles. The van der Waals surface area contributed by atoms with Gasteiger partial charge < -0.3 is 13.6 Å². The average Bonchev–Trinajstić information content (AvgIpc) is 2.95. The molecule has 0 fully saturated rings. The molecule has 0 aliphatic carbocycles. The molecule has 0 spiro atoms. The molecular weight excluding hydrogens is 526 g/mol. The number of halogens is 2.